The molecule has 0 spiro atoms. The van der Waals surface area contributed by atoms with E-state index in [1.165, 1.54) is 0 Å². The van der Waals surface area contributed by atoms with E-state index in [-0.39, 0.29) is 23.6 Å². The van der Waals surface area contributed by atoms with E-state index in [4.69, 9.17) is 4.74 Å². The molecule has 0 unspecified atom stereocenters. The quantitative estimate of drug-likeness (QED) is 0.621. The first-order valence-electron chi connectivity index (χ1n) is 7.77. The molecule has 0 saturated heterocycles. The number of rotatable bonds is 5. The Bertz CT molecular complexity index is 726. The first kappa shape index (κ1) is 16.6. The molecule has 1 saturated carbocycles. The molecule has 3 rings (SSSR count). The molecular formula is C16H17N2O5S-. The summed E-state index contributed by atoms with van der Waals surface area (Å²) < 4.78 is 4.94. The van der Waals surface area contributed by atoms with Crippen LogP contribution >= 0.6 is 11.3 Å². The third-order valence-corrected chi connectivity index (χ3v) is 5.57. The van der Waals surface area contributed by atoms with Crippen molar-refractivity contribution in [2.24, 2.45) is 23.7 Å². The second kappa shape index (κ2) is 6.35. The van der Waals surface area contributed by atoms with Gasteiger partial charge in [0, 0.05) is 11.9 Å². The molecule has 4 atom stereocenters. The Labute approximate surface area is 142 Å². The van der Waals surface area contributed by atoms with Crippen LogP contribution in [0.2, 0.25) is 0 Å². The molecule has 1 amide bonds. The number of hydrogen-bond acceptors (Lipinski definition) is 7. The van der Waals surface area contributed by atoms with Gasteiger partial charge >= 0.3 is 5.97 Å². The second-order valence-electron chi connectivity index (χ2n) is 5.96. The number of anilines is 1. The number of carbonyl (C=O) groups is 3. The maximum absolute atomic E-state index is 12.5. The smallest absolute Gasteiger partial charge is 0.350 e. The topological polar surface area (TPSA) is 108 Å². The zero-order valence-electron chi connectivity index (χ0n) is 13.3. The van der Waals surface area contributed by atoms with Crippen molar-refractivity contribution in [3.8, 4) is 0 Å². The Kier molecular flexibility index (Phi) is 4.40. The largest absolute Gasteiger partial charge is 0.550 e. The highest BCUT2D eigenvalue weighted by atomic mass is 32.1. The SMILES string of the molecule is CCOC(=O)c1sc(NC(=O)[C@H]2[C@@H](C(=O)[O-])[C@H]3C=C[C@H]2C3)nc1C. The van der Waals surface area contributed by atoms with Crippen LogP contribution in [0.5, 0.6) is 0 Å². The van der Waals surface area contributed by atoms with Gasteiger partial charge in [0.05, 0.1) is 18.2 Å². The second-order valence-corrected chi connectivity index (χ2v) is 6.96. The predicted octanol–water partition coefficient (Wildman–Crippen LogP) is 0.755. The summed E-state index contributed by atoms with van der Waals surface area (Å²) in [5.41, 5.74) is 0.470. The normalized spacial score (nSPS) is 27.2. The van der Waals surface area contributed by atoms with Crippen molar-refractivity contribution in [2.45, 2.75) is 20.3 Å². The maximum atomic E-state index is 12.5. The number of hydrogen-bond donors (Lipinski definition) is 1. The molecule has 0 radical (unpaired) electrons. The minimum absolute atomic E-state index is 0.0940. The van der Waals surface area contributed by atoms with Crippen molar-refractivity contribution in [1.29, 1.82) is 0 Å². The van der Waals surface area contributed by atoms with E-state index in [2.05, 4.69) is 10.3 Å². The van der Waals surface area contributed by atoms with Crippen LogP contribution in [0.4, 0.5) is 5.13 Å². The summed E-state index contributed by atoms with van der Waals surface area (Å²) in [6.45, 7) is 3.62. The van der Waals surface area contributed by atoms with Crippen LogP contribution in [-0.4, -0.2) is 29.4 Å². The zero-order chi connectivity index (χ0) is 17.4. The minimum atomic E-state index is -1.20. The van der Waals surface area contributed by atoms with Crippen molar-refractivity contribution in [2.75, 3.05) is 11.9 Å². The summed E-state index contributed by atoms with van der Waals surface area (Å²) in [6, 6.07) is 0. The standard InChI is InChI=1S/C16H18N2O5S/c1-3-23-15(22)12-7(2)17-16(24-12)18-13(19)10-8-4-5-9(6-8)11(10)14(20)21/h4-5,8-11H,3,6H2,1-2H3,(H,20,21)(H,17,18,19)/p-1/t8-,9-,10+,11-/m0/s1. The fourth-order valence-corrected chi connectivity index (χ4v) is 4.39. The Morgan fingerprint density at radius 1 is 1.33 bits per heavy atom. The van der Waals surface area contributed by atoms with Gasteiger partial charge in [0.25, 0.3) is 0 Å². The number of nitrogens with zero attached hydrogens (tertiary/aromatic N) is 1. The van der Waals surface area contributed by atoms with Gasteiger partial charge < -0.3 is 20.0 Å². The summed E-state index contributed by atoms with van der Waals surface area (Å²) in [5, 5.41) is 14.3. The van der Waals surface area contributed by atoms with Crippen LogP contribution in [0, 0.1) is 30.6 Å². The lowest BCUT2D eigenvalue weighted by Crippen LogP contribution is -2.42. The molecule has 7 nitrogen and oxygen atoms in total. The van der Waals surface area contributed by atoms with Crippen LogP contribution in [0.25, 0.3) is 0 Å². The van der Waals surface area contributed by atoms with Gasteiger partial charge in [0.1, 0.15) is 4.88 Å². The summed E-state index contributed by atoms with van der Waals surface area (Å²) in [4.78, 5) is 40.2. The van der Waals surface area contributed by atoms with Gasteiger partial charge in [-0.05, 0) is 32.1 Å². The third-order valence-electron chi connectivity index (χ3n) is 4.52. The molecule has 1 aromatic rings. The van der Waals surface area contributed by atoms with Crippen LogP contribution < -0.4 is 10.4 Å². The highest BCUT2D eigenvalue weighted by Crippen LogP contribution is 2.48. The van der Waals surface area contributed by atoms with Crippen LogP contribution in [0.15, 0.2) is 12.2 Å². The molecule has 0 aliphatic heterocycles. The Balaban J connectivity index is 1.76. The zero-order valence-corrected chi connectivity index (χ0v) is 14.1. The van der Waals surface area contributed by atoms with Crippen molar-refractivity contribution < 1.29 is 24.2 Å². The molecule has 24 heavy (non-hydrogen) atoms. The maximum Gasteiger partial charge on any atom is 0.350 e. The highest BCUT2D eigenvalue weighted by molar-refractivity contribution is 7.17. The van der Waals surface area contributed by atoms with Gasteiger partial charge in [0.2, 0.25) is 5.91 Å². The van der Waals surface area contributed by atoms with Crippen molar-refractivity contribution in [3.63, 3.8) is 0 Å². The first-order valence-corrected chi connectivity index (χ1v) is 8.58. The average Bonchev–Trinajstić information content (AvgIpc) is 3.20. The molecule has 1 fully saturated rings. The lowest BCUT2D eigenvalue weighted by atomic mass is 9.82. The number of carbonyl (C=O) groups excluding carboxylic acids is 3. The Morgan fingerprint density at radius 3 is 2.62 bits per heavy atom. The fourth-order valence-electron chi connectivity index (χ4n) is 3.53. The number of amides is 1. The number of aliphatic carboxylic acids is 1. The molecule has 128 valence electrons. The number of ether oxygens (including phenoxy) is 1. The van der Waals surface area contributed by atoms with E-state index in [0.717, 1.165) is 11.3 Å². The fraction of sp³-hybridized carbons (Fsp3) is 0.500. The molecule has 0 aromatic carbocycles. The molecule has 1 heterocycles. The van der Waals surface area contributed by atoms with Gasteiger partial charge in [-0.3, -0.25) is 4.79 Å². The monoisotopic (exact) mass is 349 g/mol. The van der Waals surface area contributed by atoms with Crippen molar-refractivity contribution >= 4 is 34.3 Å². The van der Waals surface area contributed by atoms with Crippen molar-refractivity contribution in [3.05, 3.63) is 22.7 Å². The number of thiazole rings is 1. The summed E-state index contributed by atoms with van der Waals surface area (Å²) >= 11 is 1.03. The van der Waals surface area contributed by atoms with Gasteiger partial charge in [-0.25, -0.2) is 9.78 Å². The average molecular weight is 349 g/mol. The summed E-state index contributed by atoms with van der Waals surface area (Å²) in [7, 11) is 0. The lowest BCUT2D eigenvalue weighted by Gasteiger charge is -2.27. The Morgan fingerprint density at radius 2 is 2.00 bits per heavy atom. The van der Waals surface area contributed by atoms with Gasteiger partial charge in [-0.1, -0.05) is 23.5 Å². The molecule has 1 aromatic heterocycles. The minimum Gasteiger partial charge on any atom is -0.550 e. The van der Waals surface area contributed by atoms with Crippen LogP contribution in [-0.2, 0) is 14.3 Å². The van der Waals surface area contributed by atoms with Gasteiger partial charge in [-0.15, -0.1) is 0 Å². The van der Waals surface area contributed by atoms with E-state index < -0.39 is 29.7 Å². The summed E-state index contributed by atoms with van der Waals surface area (Å²) in [6.07, 6.45) is 4.40. The number of allylic oxidation sites excluding steroid dienone is 2. The molecule has 2 aliphatic carbocycles. The number of fused-ring (bicyclic) bond motifs is 2. The first-order chi connectivity index (χ1) is 11.4. The van der Waals surface area contributed by atoms with Crippen molar-refractivity contribution in [1.82, 2.24) is 4.98 Å². The number of aromatic nitrogens is 1. The molecule has 8 heteroatoms. The van der Waals surface area contributed by atoms with Gasteiger partial charge in [0.15, 0.2) is 5.13 Å². The number of nitrogens with one attached hydrogen (secondary N) is 1. The van der Waals surface area contributed by atoms with Gasteiger partial charge in [-0.2, -0.15) is 0 Å². The lowest BCUT2D eigenvalue weighted by molar-refractivity contribution is -0.313. The van der Waals surface area contributed by atoms with E-state index in [0.29, 0.717) is 17.0 Å². The number of carboxylic acids is 1. The molecule has 2 aliphatic rings. The van der Waals surface area contributed by atoms with Crippen LogP contribution in [0.3, 0.4) is 0 Å². The third kappa shape index (κ3) is 2.82. The van der Waals surface area contributed by atoms with E-state index in [1.807, 2.05) is 12.2 Å². The van der Waals surface area contributed by atoms with E-state index in [1.54, 1.807) is 13.8 Å². The highest BCUT2D eigenvalue weighted by Gasteiger charge is 2.48. The number of esters is 1. The predicted molar refractivity (Wildman–Crippen MR) is 84.2 cm³/mol. The Hall–Kier alpha value is -2.22. The van der Waals surface area contributed by atoms with Crippen LogP contribution in [0.1, 0.15) is 28.7 Å². The molecule has 1 N–H and O–H groups in total. The molecular weight excluding hydrogens is 332 g/mol. The summed E-state index contributed by atoms with van der Waals surface area (Å²) in [5.74, 6) is -3.80. The molecule has 2 bridgehead atoms. The van der Waals surface area contributed by atoms with E-state index >= 15 is 0 Å². The number of carboxylic acid groups (broad SMARTS) is 1. The van der Waals surface area contributed by atoms with E-state index in [9.17, 15) is 19.5 Å². The number of aryl methyl sites for hydroxylation is 1.